The van der Waals surface area contributed by atoms with E-state index in [-0.39, 0.29) is 18.4 Å². The number of aromatic nitrogens is 7. The predicted octanol–water partition coefficient (Wildman–Crippen LogP) is 7.74. The van der Waals surface area contributed by atoms with E-state index in [2.05, 4.69) is 43.9 Å². The Labute approximate surface area is 291 Å². The zero-order chi connectivity index (χ0) is 34.3. The van der Waals surface area contributed by atoms with Crippen molar-refractivity contribution in [1.29, 1.82) is 0 Å². The van der Waals surface area contributed by atoms with E-state index >= 15 is 0 Å². The Bertz CT molecular complexity index is 2380. The highest BCUT2D eigenvalue weighted by atomic mass is 32.1. The molecular weight excluding hydrogens is 683 g/mol. The van der Waals surface area contributed by atoms with Gasteiger partial charge in [0.05, 0.1) is 64.0 Å². The lowest BCUT2D eigenvalue weighted by Crippen LogP contribution is -2.09. The molecule has 0 aliphatic rings. The molecule has 5 heterocycles. The van der Waals surface area contributed by atoms with E-state index in [9.17, 15) is 14.7 Å². The molecule has 15 heteroatoms. The second kappa shape index (κ2) is 15.1. The summed E-state index contributed by atoms with van der Waals surface area (Å²) in [7, 11) is 0. The van der Waals surface area contributed by atoms with Gasteiger partial charge in [0.15, 0.2) is 12.6 Å². The molecule has 3 aromatic carbocycles. The SMILES string of the molecule is CC(C)n1nccc1-c1nccnc1COc1ccc2ncsc2c1C=O.O=Cc1c(O)ccc2ncsc12.Oc1ccc2ncsc2c1. The summed E-state index contributed by atoms with van der Waals surface area (Å²) in [5, 5.41) is 22.7. The van der Waals surface area contributed by atoms with Crippen LogP contribution in [0.2, 0.25) is 0 Å². The summed E-state index contributed by atoms with van der Waals surface area (Å²) in [5.74, 6) is 0.828. The number of thiazole rings is 3. The largest absolute Gasteiger partial charge is 0.508 e. The number of rotatable bonds is 7. The minimum Gasteiger partial charge on any atom is -0.508 e. The van der Waals surface area contributed by atoms with E-state index in [4.69, 9.17) is 9.84 Å². The van der Waals surface area contributed by atoms with Gasteiger partial charge in [-0.05, 0) is 62.4 Å². The lowest BCUT2D eigenvalue weighted by molar-refractivity contribution is 0.111. The highest BCUT2D eigenvalue weighted by Gasteiger charge is 2.17. The number of fused-ring (bicyclic) bond motifs is 3. The molecule has 246 valence electrons. The van der Waals surface area contributed by atoms with Crippen molar-refractivity contribution in [1.82, 2.24) is 34.7 Å². The number of carbonyl (C=O) groups excluding carboxylic acids is 2. The third-order valence-electron chi connectivity index (χ3n) is 7.10. The first kappa shape index (κ1) is 33.3. The van der Waals surface area contributed by atoms with Crippen LogP contribution in [-0.2, 0) is 6.61 Å². The van der Waals surface area contributed by atoms with Crippen molar-refractivity contribution in [2.24, 2.45) is 0 Å². The summed E-state index contributed by atoms with van der Waals surface area (Å²) in [5.41, 5.74) is 10.7. The van der Waals surface area contributed by atoms with Crippen molar-refractivity contribution in [2.75, 3.05) is 0 Å². The molecule has 12 nitrogen and oxygen atoms in total. The van der Waals surface area contributed by atoms with Gasteiger partial charge in [0.2, 0.25) is 0 Å². The number of carbonyl (C=O) groups is 2. The fourth-order valence-electron chi connectivity index (χ4n) is 4.81. The highest BCUT2D eigenvalue weighted by molar-refractivity contribution is 7.17. The standard InChI is InChI=1S/C19H17N5O2S.C8H5NO2S.C7H5NOS/c1-12(2)24-16(5-6-23-24)18-15(20-7-8-21-18)10-26-17-4-3-14-19(13(17)9-25)27-11-22-14;10-3-5-7(11)2-1-6-8(5)12-4-9-6;9-5-1-2-6-7(3-5)10-4-8-6/h3-9,11-12H,10H2,1-2H3;1-4,11H;1-4,9H. The van der Waals surface area contributed by atoms with E-state index in [1.807, 2.05) is 16.8 Å². The van der Waals surface area contributed by atoms with Gasteiger partial charge in [-0.2, -0.15) is 5.10 Å². The summed E-state index contributed by atoms with van der Waals surface area (Å²) in [6, 6.07) is 14.0. The average molecular weight is 710 g/mol. The number of aromatic hydroxyl groups is 2. The second-order valence-corrected chi connectivity index (χ2v) is 13.1. The maximum atomic E-state index is 11.6. The molecule has 0 bridgehead atoms. The second-order valence-electron chi connectivity index (χ2n) is 10.5. The zero-order valence-corrected chi connectivity index (χ0v) is 28.4. The smallest absolute Gasteiger partial charge is 0.155 e. The van der Waals surface area contributed by atoms with Crippen LogP contribution >= 0.6 is 34.0 Å². The number of benzene rings is 3. The highest BCUT2D eigenvalue weighted by Crippen LogP contribution is 2.31. The number of ether oxygens (including phenoxy) is 1. The number of phenolic OH excluding ortho intramolecular Hbond substituents is 2. The molecule has 0 radical (unpaired) electrons. The quantitative estimate of drug-likeness (QED) is 0.155. The van der Waals surface area contributed by atoms with Crippen molar-refractivity contribution in [3.05, 3.63) is 100 Å². The van der Waals surface area contributed by atoms with Gasteiger partial charge in [-0.25, -0.2) is 15.0 Å². The van der Waals surface area contributed by atoms with Crippen LogP contribution in [0.15, 0.2) is 83.7 Å². The normalized spacial score (nSPS) is 10.8. The average Bonchev–Trinajstić information content (AvgIpc) is 3.94. The zero-order valence-electron chi connectivity index (χ0n) is 26.0. The maximum absolute atomic E-state index is 11.6. The molecule has 8 aromatic rings. The molecule has 0 amide bonds. The van der Waals surface area contributed by atoms with Crippen molar-refractivity contribution < 1.29 is 24.5 Å². The molecule has 0 atom stereocenters. The summed E-state index contributed by atoms with van der Waals surface area (Å²) >= 11 is 4.30. The van der Waals surface area contributed by atoms with Gasteiger partial charge >= 0.3 is 0 Å². The maximum Gasteiger partial charge on any atom is 0.155 e. The fraction of sp³-hybridized carbons (Fsp3) is 0.118. The third kappa shape index (κ3) is 7.28. The Kier molecular flexibility index (Phi) is 10.2. The predicted molar refractivity (Wildman–Crippen MR) is 191 cm³/mol. The van der Waals surface area contributed by atoms with Gasteiger partial charge in [-0.1, -0.05) is 0 Å². The number of phenols is 2. The molecule has 0 aliphatic heterocycles. The first-order valence-corrected chi connectivity index (χ1v) is 17.3. The summed E-state index contributed by atoms with van der Waals surface area (Å²) in [6.07, 6.45) is 6.48. The van der Waals surface area contributed by atoms with E-state index in [1.54, 1.807) is 65.5 Å². The Balaban J connectivity index is 0.000000154. The molecular formula is C34H27N7O5S3. The summed E-state index contributed by atoms with van der Waals surface area (Å²) in [4.78, 5) is 43.4. The molecule has 5 aromatic heterocycles. The Morgan fingerprint density at radius 3 is 2.14 bits per heavy atom. The van der Waals surface area contributed by atoms with Crippen LogP contribution in [0.3, 0.4) is 0 Å². The van der Waals surface area contributed by atoms with Crippen LogP contribution in [0, 0.1) is 0 Å². The molecule has 0 saturated carbocycles. The van der Waals surface area contributed by atoms with Crippen molar-refractivity contribution in [2.45, 2.75) is 26.5 Å². The van der Waals surface area contributed by atoms with Gasteiger partial charge in [0, 0.05) is 24.6 Å². The number of hydrogen-bond donors (Lipinski definition) is 2. The van der Waals surface area contributed by atoms with Crippen molar-refractivity contribution in [3.8, 4) is 28.6 Å². The van der Waals surface area contributed by atoms with Gasteiger partial charge in [-0.15, -0.1) is 34.0 Å². The minimum atomic E-state index is 0.0155. The summed E-state index contributed by atoms with van der Waals surface area (Å²) in [6.45, 7) is 4.31. The van der Waals surface area contributed by atoms with Crippen molar-refractivity contribution in [3.63, 3.8) is 0 Å². The van der Waals surface area contributed by atoms with E-state index in [0.29, 0.717) is 34.6 Å². The summed E-state index contributed by atoms with van der Waals surface area (Å²) < 4.78 is 10.4. The third-order valence-corrected chi connectivity index (χ3v) is 9.65. The number of hydrogen-bond acceptors (Lipinski definition) is 14. The van der Waals surface area contributed by atoms with Gasteiger partial charge in [0.25, 0.3) is 0 Å². The molecule has 8 rings (SSSR count). The fourth-order valence-corrected chi connectivity index (χ4v) is 7.10. The van der Waals surface area contributed by atoms with Gasteiger partial charge in [0.1, 0.15) is 35.2 Å². The molecule has 0 aliphatic carbocycles. The Morgan fingerprint density at radius 1 is 0.755 bits per heavy atom. The van der Waals surface area contributed by atoms with Crippen LogP contribution in [0.25, 0.3) is 42.0 Å². The number of nitrogens with zero attached hydrogens (tertiary/aromatic N) is 7. The van der Waals surface area contributed by atoms with Crippen LogP contribution in [-0.4, -0.2) is 57.5 Å². The first-order valence-electron chi connectivity index (χ1n) is 14.7. The molecule has 2 N–H and O–H groups in total. The molecule has 0 spiro atoms. The first-order chi connectivity index (χ1) is 23.9. The van der Waals surface area contributed by atoms with Gasteiger partial charge in [-0.3, -0.25) is 24.2 Å². The number of aldehydes is 2. The van der Waals surface area contributed by atoms with Crippen LogP contribution in [0.1, 0.15) is 46.3 Å². The van der Waals surface area contributed by atoms with Crippen LogP contribution < -0.4 is 4.74 Å². The molecule has 0 unspecified atom stereocenters. The Hall–Kier alpha value is -5.64. The van der Waals surface area contributed by atoms with Crippen LogP contribution in [0.5, 0.6) is 17.2 Å². The van der Waals surface area contributed by atoms with E-state index in [0.717, 1.165) is 48.3 Å². The van der Waals surface area contributed by atoms with E-state index < -0.39 is 0 Å². The molecule has 0 fully saturated rings. The Morgan fingerprint density at radius 2 is 1.41 bits per heavy atom. The van der Waals surface area contributed by atoms with Gasteiger partial charge < -0.3 is 14.9 Å². The lowest BCUT2D eigenvalue weighted by Gasteiger charge is -2.14. The van der Waals surface area contributed by atoms with E-state index in [1.165, 1.54) is 40.1 Å². The minimum absolute atomic E-state index is 0.0155. The van der Waals surface area contributed by atoms with Crippen molar-refractivity contribution >= 4 is 77.2 Å². The topological polar surface area (TPSA) is 166 Å². The monoisotopic (exact) mass is 709 g/mol. The van der Waals surface area contributed by atoms with Crippen LogP contribution in [0.4, 0.5) is 0 Å². The lowest BCUT2D eigenvalue weighted by atomic mass is 10.2. The molecule has 0 saturated heterocycles. The molecule has 49 heavy (non-hydrogen) atoms.